The van der Waals surface area contributed by atoms with Gasteiger partial charge in [0, 0.05) is 12.6 Å². The number of carbonyl (C=O) groups is 1. The molecule has 1 aliphatic carbocycles. The van der Waals surface area contributed by atoms with Crippen LogP contribution in [0.3, 0.4) is 0 Å². The summed E-state index contributed by atoms with van der Waals surface area (Å²) in [6.45, 7) is 0.303. The number of hydrogen-bond acceptors (Lipinski definition) is 4. The smallest absolute Gasteiger partial charge is 0.274 e. The molecule has 0 unspecified atom stereocenters. The second kappa shape index (κ2) is 4.76. The summed E-state index contributed by atoms with van der Waals surface area (Å²) in [5.41, 5.74) is 0.268. The monoisotopic (exact) mass is 241 g/mol. The maximum Gasteiger partial charge on any atom is 0.274 e. The molecule has 1 saturated carbocycles. The van der Waals surface area contributed by atoms with Gasteiger partial charge in [-0.15, -0.1) is 10.2 Å². The molecule has 0 spiro atoms. The number of rotatable bonds is 4. The van der Waals surface area contributed by atoms with Crippen molar-refractivity contribution in [1.82, 2.24) is 15.1 Å². The van der Waals surface area contributed by atoms with E-state index in [4.69, 9.17) is 16.7 Å². The zero-order valence-electron chi connectivity index (χ0n) is 8.64. The Morgan fingerprint density at radius 3 is 2.75 bits per heavy atom. The van der Waals surface area contributed by atoms with Gasteiger partial charge in [-0.2, -0.15) is 0 Å². The molecule has 0 saturated heterocycles. The van der Waals surface area contributed by atoms with E-state index >= 15 is 0 Å². The highest BCUT2D eigenvalue weighted by atomic mass is 35.5. The summed E-state index contributed by atoms with van der Waals surface area (Å²) < 4.78 is 0. The van der Waals surface area contributed by atoms with Crippen molar-refractivity contribution >= 4 is 17.5 Å². The molecule has 1 amide bonds. The summed E-state index contributed by atoms with van der Waals surface area (Å²) >= 11 is 5.59. The molecule has 1 aromatic rings. The first-order chi connectivity index (χ1) is 7.72. The Hall–Kier alpha value is -1.20. The SMILES string of the molecule is O=C(c1ccc(Cl)nn1)N(CCO)C1CC1. The van der Waals surface area contributed by atoms with Crippen molar-refractivity contribution in [3.8, 4) is 0 Å². The van der Waals surface area contributed by atoms with Gasteiger partial charge in [0.15, 0.2) is 10.8 Å². The van der Waals surface area contributed by atoms with E-state index in [1.54, 1.807) is 11.0 Å². The molecule has 0 aliphatic heterocycles. The topological polar surface area (TPSA) is 66.3 Å². The second-order valence-electron chi connectivity index (χ2n) is 3.69. The van der Waals surface area contributed by atoms with Crippen LogP contribution >= 0.6 is 11.6 Å². The molecule has 1 heterocycles. The number of carbonyl (C=O) groups excluding carboxylic acids is 1. The van der Waals surface area contributed by atoms with Gasteiger partial charge in [0.05, 0.1) is 6.61 Å². The molecule has 0 radical (unpaired) electrons. The first-order valence-corrected chi connectivity index (χ1v) is 5.51. The van der Waals surface area contributed by atoms with Crippen LogP contribution in [0.4, 0.5) is 0 Å². The first-order valence-electron chi connectivity index (χ1n) is 5.13. The maximum atomic E-state index is 12.0. The van der Waals surface area contributed by atoms with Crippen LogP contribution in [0.5, 0.6) is 0 Å². The Balaban J connectivity index is 2.12. The zero-order chi connectivity index (χ0) is 11.5. The van der Waals surface area contributed by atoms with Crippen LogP contribution in [-0.4, -0.2) is 45.3 Å². The first kappa shape index (κ1) is 11.3. The van der Waals surface area contributed by atoms with Crippen LogP contribution in [-0.2, 0) is 0 Å². The summed E-state index contributed by atoms with van der Waals surface area (Å²) in [5.74, 6) is -0.194. The number of halogens is 1. The molecule has 6 heteroatoms. The minimum atomic E-state index is -0.194. The molecule has 0 bridgehead atoms. The Bertz CT molecular complexity index is 378. The molecule has 2 rings (SSSR count). The molecule has 1 N–H and O–H groups in total. The Morgan fingerprint density at radius 1 is 1.50 bits per heavy atom. The van der Waals surface area contributed by atoms with E-state index in [1.165, 1.54) is 6.07 Å². The molecule has 86 valence electrons. The Labute approximate surface area is 98.0 Å². The third-order valence-corrected chi connectivity index (χ3v) is 2.64. The molecule has 0 atom stereocenters. The minimum absolute atomic E-state index is 0.0384. The van der Waals surface area contributed by atoms with Gasteiger partial charge in [-0.3, -0.25) is 4.79 Å². The van der Waals surface area contributed by atoms with Gasteiger partial charge in [-0.05, 0) is 25.0 Å². The Morgan fingerprint density at radius 2 is 2.25 bits per heavy atom. The van der Waals surface area contributed by atoms with Crippen LogP contribution in [0.25, 0.3) is 0 Å². The quantitative estimate of drug-likeness (QED) is 0.844. The van der Waals surface area contributed by atoms with E-state index in [-0.39, 0.29) is 29.4 Å². The maximum absolute atomic E-state index is 12.0. The number of aliphatic hydroxyl groups excluding tert-OH is 1. The number of aliphatic hydroxyl groups is 1. The normalized spacial score (nSPS) is 14.9. The molecule has 5 nitrogen and oxygen atoms in total. The summed E-state index contributed by atoms with van der Waals surface area (Å²) in [6, 6.07) is 3.33. The lowest BCUT2D eigenvalue weighted by Gasteiger charge is -2.20. The Kier molecular flexibility index (Phi) is 3.36. The van der Waals surface area contributed by atoms with Crippen molar-refractivity contribution in [3.05, 3.63) is 23.0 Å². The highest BCUT2D eigenvalue weighted by molar-refractivity contribution is 6.29. The van der Waals surface area contributed by atoms with Gasteiger partial charge in [-0.1, -0.05) is 11.6 Å². The van der Waals surface area contributed by atoms with E-state index in [2.05, 4.69) is 10.2 Å². The predicted octanol–water partition coefficient (Wildman–Crippen LogP) is 0.727. The molecule has 1 aliphatic rings. The van der Waals surface area contributed by atoms with Crippen LogP contribution in [0.15, 0.2) is 12.1 Å². The van der Waals surface area contributed by atoms with Crippen LogP contribution in [0.1, 0.15) is 23.3 Å². The van der Waals surface area contributed by atoms with E-state index in [1.807, 2.05) is 0 Å². The summed E-state index contributed by atoms with van der Waals surface area (Å²) in [4.78, 5) is 13.6. The zero-order valence-corrected chi connectivity index (χ0v) is 9.39. The van der Waals surface area contributed by atoms with Gasteiger partial charge in [0.1, 0.15) is 0 Å². The molecule has 1 aromatic heterocycles. The van der Waals surface area contributed by atoms with Crippen molar-refractivity contribution in [2.24, 2.45) is 0 Å². The predicted molar refractivity (Wildman–Crippen MR) is 58.2 cm³/mol. The minimum Gasteiger partial charge on any atom is -0.395 e. The van der Waals surface area contributed by atoms with Crippen molar-refractivity contribution in [2.75, 3.05) is 13.2 Å². The highest BCUT2D eigenvalue weighted by Crippen LogP contribution is 2.27. The standard InChI is InChI=1S/C10H12ClN3O2/c11-9-4-3-8(12-13-9)10(16)14(5-6-15)7-1-2-7/h3-4,7,15H,1-2,5-6H2. The van der Waals surface area contributed by atoms with Gasteiger partial charge >= 0.3 is 0 Å². The van der Waals surface area contributed by atoms with Gasteiger partial charge in [0.25, 0.3) is 5.91 Å². The lowest BCUT2D eigenvalue weighted by Crippen LogP contribution is -2.36. The highest BCUT2D eigenvalue weighted by Gasteiger charge is 2.33. The van der Waals surface area contributed by atoms with Crippen LogP contribution < -0.4 is 0 Å². The van der Waals surface area contributed by atoms with Crippen molar-refractivity contribution in [1.29, 1.82) is 0 Å². The molecule has 1 fully saturated rings. The van der Waals surface area contributed by atoms with Gasteiger partial charge in [-0.25, -0.2) is 0 Å². The fourth-order valence-corrected chi connectivity index (χ4v) is 1.62. The fourth-order valence-electron chi connectivity index (χ4n) is 1.52. The number of nitrogens with zero attached hydrogens (tertiary/aromatic N) is 3. The number of aromatic nitrogens is 2. The van der Waals surface area contributed by atoms with Crippen molar-refractivity contribution in [2.45, 2.75) is 18.9 Å². The molecular weight excluding hydrogens is 230 g/mol. The lowest BCUT2D eigenvalue weighted by atomic mass is 10.3. The van der Waals surface area contributed by atoms with Crippen molar-refractivity contribution in [3.63, 3.8) is 0 Å². The van der Waals surface area contributed by atoms with Crippen molar-refractivity contribution < 1.29 is 9.90 Å². The third-order valence-electron chi connectivity index (χ3n) is 2.44. The second-order valence-corrected chi connectivity index (χ2v) is 4.08. The van der Waals surface area contributed by atoms with Gasteiger partial charge in [0.2, 0.25) is 0 Å². The summed E-state index contributed by atoms with van der Waals surface area (Å²) in [6.07, 6.45) is 1.99. The van der Waals surface area contributed by atoms with Crippen LogP contribution in [0, 0.1) is 0 Å². The van der Waals surface area contributed by atoms with Crippen LogP contribution in [0.2, 0.25) is 5.15 Å². The fraction of sp³-hybridized carbons (Fsp3) is 0.500. The summed E-state index contributed by atoms with van der Waals surface area (Å²) in [7, 11) is 0. The number of amides is 1. The van der Waals surface area contributed by atoms with E-state index in [9.17, 15) is 4.79 Å². The van der Waals surface area contributed by atoms with E-state index in [0.29, 0.717) is 6.54 Å². The van der Waals surface area contributed by atoms with E-state index in [0.717, 1.165) is 12.8 Å². The van der Waals surface area contributed by atoms with E-state index < -0.39 is 0 Å². The molecule has 16 heavy (non-hydrogen) atoms. The average molecular weight is 242 g/mol. The largest absolute Gasteiger partial charge is 0.395 e. The van der Waals surface area contributed by atoms with Gasteiger partial charge < -0.3 is 10.0 Å². The molecular formula is C10H12ClN3O2. The average Bonchev–Trinajstić information content (AvgIpc) is 3.10. The lowest BCUT2D eigenvalue weighted by molar-refractivity contribution is 0.0700. The number of hydrogen-bond donors (Lipinski definition) is 1. The third kappa shape index (κ3) is 2.48. The summed E-state index contributed by atoms with van der Waals surface area (Å²) in [5, 5.41) is 16.5. The molecule has 0 aromatic carbocycles.